The van der Waals surface area contributed by atoms with Crippen LogP contribution >= 0.6 is 0 Å². The van der Waals surface area contributed by atoms with Crippen LogP contribution in [0, 0.1) is 12.8 Å². The summed E-state index contributed by atoms with van der Waals surface area (Å²) in [7, 11) is 0. The van der Waals surface area contributed by atoms with Crippen LogP contribution in [-0.2, 0) is 0 Å². The Bertz CT molecular complexity index is 461. The zero-order valence-corrected chi connectivity index (χ0v) is 11.6. The molecule has 0 spiro atoms. The summed E-state index contributed by atoms with van der Waals surface area (Å²) < 4.78 is 0. The van der Waals surface area contributed by atoms with Gasteiger partial charge in [-0.25, -0.2) is 10.8 Å². The van der Waals surface area contributed by atoms with E-state index in [1.165, 1.54) is 19.3 Å². The Morgan fingerprint density at radius 1 is 1.37 bits per heavy atom. The molecular formula is C14H22N4O. The SMILES string of the molecule is Cc1cc(C(=O)NC2CCCCC2C)cc(NN)n1. The zero-order chi connectivity index (χ0) is 13.8. The van der Waals surface area contributed by atoms with Gasteiger partial charge in [-0.05, 0) is 37.8 Å². The van der Waals surface area contributed by atoms with E-state index in [1.54, 1.807) is 12.1 Å². The first-order valence-corrected chi connectivity index (χ1v) is 6.86. The Morgan fingerprint density at radius 2 is 2.11 bits per heavy atom. The van der Waals surface area contributed by atoms with E-state index < -0.39 is 0 Å². The van der Waals surface area contributed by atoms with Crippen molar-refractivity contribution in [3.63, 3.8) is 0 Å². The first-order valence-electron chi connectivity index (χ1n) is 6.86. The van der Waals surface area contributed by atoms with Gasteiger partial charge in [0.05, 0.1) is 0 Å². The van der Waals surface area contributed by atoms with Gasteiger partial charge in [-0.3, -0.25) is 4.79 Å². The number of amides is 1. The molecule has 1 aliphatic rings. The highest BCUT2D eigenvalue weighted by molar-refractivity contribution is 5.95. The van der Waals surface area contributed by atoms with Crippen LogP contribution in [0.1, 0.15) is 48.7 Å². The molecule has 104 valence electrons. The van der Waals surface area contributed by atoms with Gasteiger partial charge in [0.15, 0.2) is 0 Å². The van der Waals surface area contributed by atoms with Crippen molar-refractivity contribution in [3.05, 3.63) is 23.4 Å². The van der Waals surface area contributed by atoms with Crippen molar-refractivity contribution in [2.45, 2.75) is 45.6 Å². The first kappa shape index (κ1) is 13.8. The molecule has 1 heterocycles. The van der Waals surface area contributed by atoms with Crippen molar-refractivity contribution in [3.8, 4) is 0 Å². The van der Waals surface area contributed by atoms with E-state index in [2.05, 4.69) is 22.7 Å². The molecule has 0 bridgehead atoms. The molecule has 2 atom stereocenters. The van der Waals surface area contributed by atoms with Crippen molar-refractivity contribution in [1.29, 1.82) is 0 Å². The van der Waals surface area contributed by atoms with E-state index in [0.29, 0.717) is 17.3 Å². The number of nitrogen functional groups attached to an aromatic ring is 1. The van der Waals surface area contributed by atoms with Crippen LogP contribution in [0.2, 0.25) is 0 Å². The fourth-order valence-electron chi connectivity index (χ4n) is 2.66. The number of carbonyl (C=O) groups is 1. The molecule has 5 heteroatoms. The summed E-state index contributed by atoms with van der Waals surface area (Å²) in [6.45, 7) is 4.05. The van der Waals surface area contributed by atoms with Crippen LogP contribution in [0.15, 0.2) is 12.1 Å². The predicted molar refractivity (Wildman–Crippen MR) is 75.7 cm³/mol. The van der Waals surface area contributed by atoms with Gasteiger partial charge in [-0.1, -0.05) is 19.8 Å². The van der Waals surface area contributed by atoms with Crippen LogP contribution < -0.4 is 16.6 Å². The topological polar surface area (TPSA) is 80.0 Å². The molecule has 19 heavy (non-hydrogen) atoms. The highest BCUT2D eigenvalue weighted by Gasteiger charge is 2.23. The monoisotopic (exact) mass is 262 g/mol. The maximum atomic E-state index is 12.3. The maximum absolute atomic E-state index is 12.3. The van der Waals surface area contributed by atoms with E-state index in [-0.39, 0.29) is 11.9 Å². The fraction of sp³-hybridized carbons (Fsp3) is 0.571. The largest absolute Gasteiger partial charge is 0.349 e. The number of hydrogen-bond donors (Lipinski definition) is 3. The lowest BCUT2D eigenvalue weighted by Gasteiger charge is -2.29. The molecule has 2 rings (SSSR count). The number of anilines is 1. The number of hydrogen-bond acceptors (Lipinski definition) is 4. The van der Waals surface area contributed by atoms with Gasteiger partial charge < -0.3 is 10.7 Å². The van der Waals surface area contributed by atoms with E-state index in [0.717, 1.165) is 12.1 Å². The molecule has 0 aromatic carbocycles. The van der Waals surface area contributed by atoms with Crippen molar-refractivity contribution < 1.29 is 4.79 Å². The first-order chi connectivity index (χ1) is 9.10. The Hall–Kier alpha value is -1.62. The fourth-order valence-corrected chi connectivity index (χ4v) is 2.66. The molecule has 1 fully saturated rings. The molecule has 1 aliphatic carbocycles. The van der Waals surface area contributed by atoms with Gasteiger partial charge >= 0.3 is 0 Å². The lowest BCUT2D eigenvalue weighted by molar-refractivity contribution is 0.0910. The molecule has 4 N–H and O–H groups in total. The van der Waals surface area contributed by atoms with E-state index in [1.807, 2.05) is 6.92 Å². The second kappa shape index (κ2) is 6.02. The number of aromatic nitrogens is 1. The summed E-state index contributed by atoms with van der Waals surface area (Å²) in [6, 6.07) is 3.74. The Labute approximate surface area is 114 Å². The van der Waals surface area contributed by atoms with Crippen molar-refractivity contribution in [2.24, 2.45) is 11.8 Å². The maximum Gasteiger partial charge on any atom is 0.251 e. The molecule has 1 aromatic heterocycles. The Morgan fingerprint density at radius 3 is 2.79 bits per heavy atom. The zero-order valence-electron chi connectivity index (χ0n) is 11.6. The minimum absolute atomic E-state index is 0.0410. The number of hydrazine groups is 1. The summed E-state index contributed by atoms with van der Waals surface area (Å²) >= 11 is 0. The van der Waals surface area contributed by atoms with Gasteiger partial charge in [0.1, 0.15) is 5.82 Å². The van der Waals surface area contributed by atoms with Crippen LogP contribution in [-0.4, -0.2) is 16.9 Å². The number of rotatable bonds is 3. The Kier molecular flexibility index (Phi) is 4.37. The second-order valence-corrected chi connectivity index (χ2v) is 5.37. The number of nitrogens with one attached hydrogen (secondary N) is 2. The quantitative estimate of drug-likeness (QED) is 0.575. The van der Waals surface area contributed by atoms with Crippen LogP contribution in [0.3, 0.4) is 0 Å². The minimum atomic E-state index is -0.0410. The van der Waals surface area contributed by atoms with E-state index in [9.17, 15) is 4.79 Å². The van der Waals surface area contributed by atoms with E-state index in [4.69, 9.17) is 5.84 Å². The highest BCUT2D eigenvalue weighted by Crippen LogP contribution is 2.24. The van der Waals surface area contributed by atoms with Gasteiger partial charge in [-0.2, -0.15) is 0 Å². The van der Waals surface area contributed by atoms with Crippen molar-refractivity contribution in [1.82, 2.24) is 10.3 Å². The number of nitrogens with two attached hydrogens (primary N) is 1. The normalized spacial score (nSPS) is 22.9. The third-order valence-electron chi connectivity index (χ3n) is 3.79. The van der Waals surface area contributed by atoms with Gasteiger partial charge in [0.2, 0.25) is 0 Å². The average Bonchev–Trinajstić information content (AvgIpc) is 2.40. The number of carbonyl (C=O) groups excluding carboxylic acids is 1. The minimum Gasteiger partial charge on any atom is -0.349 e. The number of nitrogens with zero attached hydrogens (tertiary/aromatic N) is 1. The van der Waals surface area contributed by atoms with Crippen molar-refractivity contribution in [2.75, 3.05) is 5.43 Å². The average molecular weight is 262 g/mol. The molecule has 0 aliphatic heterocycles. The third-order valence-corrected chi connectivity index (χ3v) is 3.79. The second-order valence-electron chi connectivity index (χ2n) is 5.37. The highest BCUT2D eigenvalue weighted by atomic mass is 16.1. The van der Waals surface area contributed by atoms with Crippen LogP contribution in [0.5, 0.6) is 0 Å². The Balaban J connectivity index is 2.08. The summed E-state index contributed by atoms with van der Waals surface area (Å²) in [5.74, 6) is 6.37. The lowest BCUT2D eigenvalue weighted by Crippen LogP contribution is -2.41. The third kappa shape index (κ3) is 3.44. The van der Waals surface area contributed by atoms with Crippen LogP contribution in [0.25, 0.3) is 0 Å². The van der Waals surface area contributed by atoms with Gasteiger partial charge in [0.25, 0.3) is 5.91 Å². The van der Waals surface area contributed by atoms with Crippen LogP contribution in [0.4, 0.5) is 5.82 Å². The molecule has 5 nitrogen and oxygen atoms in total. The number of pyridine rings is 1. The predicted octanol–water partition coefficient (Wildman–Crippen LogP) is 1.98. The molecular weight excluding hydrogens is 240 g/mol. The summed E-state index contributed by atoms with van der Waals surface area (Å²) in [4.78, 5) is 16.5. The number of aryl methyl sites for hydroxylation is 1. The molecule has 0 radical (unpaired) electrons. The molecule has 1 amide bonds. The lowest BCUT2D eigenvalue weighted by atomic mass is 9.86. The summed E-state index contributed by atoms with van der Waals surface area (Å²) in [5, 5.41) is 3.13. The standard InChI is InChI=1S/C14H22N4O/c1-9-5-3-4-6-12(9)17-14(19)11-7-10(2)16-13(8-11)18-15/h7-9,12H,3-6,15H2,1-2H3,(H,16,18)(H,17,19). The molecule has 2 unspecified atom stereocenters. The van der Waals surface area contributed by atoms with Crippen molar-refractivity contribution >= 4 is 11.7 Å². The summed E-state index contributed by atoms with van der Waals surface area (Å²) in [6.07, 6.45) is 4.72. The molecule has 1 aromatic rings. The molecule has 0 saturated heterocycles. The molecule has 1 saturated carbocycles. The van der Waals surface area contributed by atoms with Gasteiger partial charge in [-0.15, -0.1) is 0 Å². The smallest absolute Gasteiger partial charge is 0.251 e. The van der Waals surface area contributed by atoms with Gasteiger partial charge in [0, 0.05) is 17.3 Å². The summed E-state index contributed by atoms with van der Waals surface area (Å²) in [5.41, 5.74) is 3.87. The van der Waals surface area contributed by atoms with E-state index >= 15 is 0 Å².